The minimum absolute atomic E-state index is 0.0323. The molecule has 19 heavy (non-hydrogen) atoms. The lowest BCUT2D eigenvalue weighted by Gasteiger charge is -2.18. The molecule has 0 aromatic heterocycles. The van der Waals surface area contributed by atoms with Gasteiger partial charge in [0.25, 0.3) is 0 Å². The number of carbonyl (C=O) groups excluding carboxylic acids is 1. The predicted molar refractivity (Wildman–Crippen MR) is 80.1 cm³/mol. The number of nitrogens with one attached hydrogen (secondary N) is 1. The molecule has 1 rings (SSSR count). The number of hydrogen-bond donors (Lipinski definition) is 2. The number of hydrogen-bond acceptors (Lipinski definition) is 3. The first kappa shape index (κ1) is 16.0. The van der Waals surface area contributed by atoms with Crippen LogP contribution in [-0.2, 0) is 4.79 Å². The van der Waals surface area contributed by atoms with Gasteiger partial charge < -0.3 is 15.8 Å². The van der Waals surface area contributed by atoms with Crippen LogP contribution < -0.4 is 15.8 Å². The second kappa shape index (κ2) is 7.50. The third-order valence-corrected chi connectivity index (χ3v) is 3.70. The maximum absolute atomic E-state index is 11.9. The van der Waals surface area contributed by atoms with Crippen LogP contribution in [0.15, 0.2) is 22.7 Å². The van der Waals surface area contributed by atoms with Crippen molar-refractivity contribution in [1.29, 1.82) is 0 Å². The molecule has 0 heterocycles. The lowest BCUT2D eigenvalue weighted by molar-refractivity contribution is -0.125. The Bertz CT molecular complexity index is 437. The van der Waals surface area contributed by atoms with Gasteiger partial charge in [-0.05, 0) is 53.5 Å². The lowest BCUT2D eigenvalue weighted by atomic mass is 10.0. The van der Waals surface area contributed by atoms with Gasteiger partial charge in [-0.3, -0.25) is 4.79 Å². The summed E-state index contributed by atoms with van der Waals surface area (Å²) in [4.78, 5) is 11.9. The van der Waals surface area contributed by atoms with Gasteiger partial charge in [-0.25, -0.2) is 0 Å². The van der Waals surface area contributed by atoms with Gasteiger partial charge in [0, 0.05) is 5.92 Å². The van der Waals surface area contributed by atoms with Gasteiger partial charge in [0.1, 0.15) is 5.75 Å². The van der Waals surface area contributed by atoms with Crippen molar-refractivity contribution in [3.63, 3.8) is 0 Å². The van der Waals surface area contributed by atoms with Crippen molar-refractivity contribution in [2.75, 3.05) is 13.7 Å². The molecule has 0 radical (unpaired) electrons. The highest BCUT2D eigenvalue weighted by atomic mass is 79.9. The van der Waals surface area contributed by atoms with Crippen LogP contribution in [0.25, 0.3) is 0 Å². The highest BCUT2D eigenvalue weighted by Gasteiger charge is 2.16. The van der Waals surface area contributed by atoms with E-state index in [1.807, 2.05) is 32.0 Å². The van der Waals surface area contributed by atoms with Crippen molar-refractivity contribution >= 4 is 21.8 Å². The lowest BCUT2D eigenvalue weighted by Crippen LogP contribution is -2.32. The largest absolute Gasteiger partial charge is 0.496 e. The Morgan fingerprint density at radius 1 is 1.47 bits per heavy atom. The van der Waals surface area contributed by atoms with Gasteiger partial charge in [0.15, 0.2) is 0 Å². The number of halogens is 1. The van der Waals surface area contributed by atoms with Gasteiger partial charge >= 0.3 is 0 Å². The first-order valence-corrected chi connectivity index (χ1v) is 7.12. The Hall–Kier alpha value is -1.07. The topological polar surface area (TPSA) is 64.3 Å². The molecule has 5 heteroatoms. The van der Waals surface area contributed by atoms with E-state index in [-0.39, 0.29) is 17.9 Å². The Morgan fingerprint density at radius 3 is 2.68 bits per heavy atom. The van der Waals surface area contributed by atoms with Gasteiger partial charge in [0.05, 0.1) is 17.6 Å². The first-order valence-electron chi connectivity index (χ1n) is 6.33. The number of amides is 1. The van der Waals surface area contributed by atoms with E-state index in [0.29, 0.717) is 13.0 Å². The molecule has 0 aliphatic carbocycles. The van der Waals surface area contributed by atoms with Crippen molar-refractivity contribution in [1.82, 2.24) is 5.32 Å². The van der Waals surface area contributed by atoms with Crippen LogP contribution in [0.3, 0.4) is 0 Å². The third kappa shape index (κ3) is 4.51. The summed E-state index contributed by atoms with van der Waals surface area (Å²) >= 11 is 3.44. The molecular formula is C14H21BrN2O2. The monoisotopic (exact) mass is 328 g/mol. The summed E-state index contributed by atoms with van der Waals surface area (Å²) in [6.07, 6.45) is 0.699. The summed E-state index contributed by atoms with van der Waals surface area (Å²) in [5, 5.41) is 2.99. The molecule has 0 saturated carbocycles. The maximum Gasteiger partial charge on any atom is 0.223 e. The van der Waals surface area contributed by atoms with E-state index in [9.17, 15) is 4.79 Å². The van der Waals surface area contributed by atoms with Crippen LogP contribution in [-0.4, -0.2) is 19.6 Å². The molecule has 0 aliphatic heterocycles. The summed E-state index contributed by atoms with van der Waals surface area (Å²) in [6.45, 7) is 4.37. The van der Waals surface area contributed by atoms with Gasteiger partial charge in [-0.2, -0.15) is 0 Å². The summed E-state index contributed by atoms with van der Waals surface area (Å²) in [5.41, 5.74) is 6.49. The summed E-state index contributed by atoms with van der Waals surface area (Å²) in [6, 6.07) is 5.74. The van der Waals surface area contributed by atoms with E-state index in [4.69, 9.17) is 10.5 Å². The van der Waals surface area contributed by atoms with E-state index < -0.39 is 0 Å². The van der Waals surface area contributed by atoms with Gasteiger partial charge in [0.2, 0.25) is 5.91 Å². The zero-order valence-electron chi connectivity index (χ0n) is 11.6. The number of rotatable bonds is 6. The van der Waals surface area contributed by atoms with Crippen LogP contribution in [0.1, 0.15) is 31.9 Å². The minimum atomic E-state index is -0.0610. The molecule has 2 unspecified atom stereocenters. The van der Waals surface area contributed by atoms with Gasteiger partial charge in [-0.15, -0.1) is 0 Å². The van der Waals surface area contributed by atoms with Crippen LogP contribution >= 0.6 is 15.9 Å². The second-order valence-electron chi connectivity index (χ2n) is 4.60. The van der Waals surface area contributed by atoms with E-state index in [0.717, 1.165) is 15.8 Å². The molecule has 1 amide bonds. The first-order chi connectivity index (χ1) is 8.99. The van der Waals surface area contributed by atoms with E-state index in [1.165, 1.54) is 0 Å². The number of benzene rings is 1. The molecule has 1 aromatic carbocycles. The van der Waals surface area contributed by atoms with Gasteiger partial charge in [-0.1, -0.05) is 13.0 Å². The van der Waals surface area contributed by atoms with Crippen LogP contribution in [0.5, 0.6) is 5.75 Å². The molecule has 3 N–H and O–H groups in total. The molecule has 0 aliphatic rings. The number of ether oxygens (including phenoxy) is 1. The Kier molecular flexibility index (Phi) is 6.31. The highest BCUT2D eigenvalue weighted by Crippen LogP contribution is 2.28. The third-order valence-electron chi connectivity index (χ3n) is 3.08. The summed E-state index contributed by atoms with van der Waals surface area (Å²) < 4.78 is 6.06. The quantitative estimate of drug-likeness (QED) is 0.843. The SMILES string of the molecule is COc1ccc(C(C)NC(=O)C(C)CCN)cc1Br. The van der Waals surface area contributed by atoms with Crippen molar-refractivity contribution < 1.29 is 9.53 Å². The van der Waals surface area contributed by atoms with Crippen LogP contribution in [0, 0.1) is 5.92 Å². The van der Waals surface area contributed by atoms with Crippen molar-refractivity contribution in [2.45, 2.75) is 26.3 Å². The van der Waals surface area contributed by atoms with E-state index in [2.05, 4.69) is 21.2 Å². The zero-order valence-corrected chi connectivity index (χ0v) is 13.2. The van der Waals surface area contributed by atoms with Crippen LogP contribution in [0.4, 0.5) is 0 Å². The number of nitrogens with two attached hydrogens (primary N) is 1. The van der Waals surface area contributed by atoms with Crippen molar-refractivity contribution in [2.24, 2.45) is 11.7 Å². The molecule has 106 valence electrons. The fourth-order valence-electron chi connectivity index (χ4n) is 1.77. The number of methoxy groups -OCH3 is 1. The molecule has 0 bridgehead atoms. The fourth-order valence-corrected chi connectivity index (χ4v) is 2.33. The minimum Gasteiger partial charge on any atom is -0.496 e. The standard InChI is InChI=1S/C14H21BrN2O2/c1-9(6-7-16)14(18)17-10(2)11-4-5-13(19-3)12(15)8-11/h4-5,8-10H,6-7,16H2,1-3H3,(H,17,18). The van der Waals surface area contributed by atoms with E-state index >= 15 is 0 Å². The Balaban J connectivity index is 2.70. The molecule has 0 saturated heterocycles. The normalized spacial score (nSPS) is 13.7. The molecule has 4 nitrogen and oxygen atoms in total. The zero-order chi connectivity index (χ0) is 14.4. The second-order valence-corrected chi connectivity index (χ2v) is 5.46. The number of carbonyl (C=O) groups is 1. The molecule has 0 spiro atoms. The predicted octanol–water partition coefficient (Wildman–Crippen LogP) is 2.62. The molecule has 2 atom stereocenters. The molecule has 0 fully saturated rings. The summed E-state index contributed by atoms with van der Waals surface area (Å²) in [5.74, 6) is 0.748. The average molecular weight is 329 g/mol. The van der Waals surface area contributed by atoms with Crippen LogP contribution in [0.2, 0.25) is 0 Å². The Labute approximate surface area is 122 Å². The Morgan fingerprint density at radius 2 is 2.16 bits per heavy atom. The highest BCUT2D eigenvalue weighted by molar-refractivity contribution is 9.10. The maximum atomic E-state index is 11.9. The molecule has 1 aromatic rings. The fraction of sp³-hybridized carbons (Fsp3) is 0.500. The van der Waals surface area contributed by atoms with Crippen molar-refractivity contribution in [3.05, 3.63) is 28.2 Å². The smallest absolute Gasteiger partial charge is 0.223 e. The van der Waals surface area contributed by atoms with E-state index in [1.54, 1.807) is 7.11 Å². The molecular weight excluding hydrogens is 308 g/mol. The van der Waals surface area contributed by atoms with Crippen molar-refractivity contribution in [3.8, 4) is 5.75 Å². The summed E-state index contributed by atoms with van der Waals surface area (Å²) in [7, 11) is 1.62. The average Bonchev–Trinajstić information content (AvgIpc) is 2.38.